The third kappa shape index (κ3) is 2.17. The predicted molar refractivity (Wildman–Crippen MR) is 69.0 cm³/mol. The molecule has 0 aliphatic heterocycles. The van der Waals surface area contributed by atoms with E-state index in [0.29, 0.717) is 5.92 Å². The topological polar surface area (TPSA) is 64.7 Å². The van der Waals surface area contributed by atoms with Crippen molar-refractivity contribution in [3.8, 4) is 0 Å². The number of hydrogen-bond acceptors (Lipinski definition) is 5. The zero-order valence-corrected chi connectivity index (χ0v) is 10.5. The van der Waals surface area contributed by atoms with Crippen molar-refractivity contribution in [3.63, 3.8) is 0 Å². The smallest absolute Gasteiger partial charge is 0.189 e. The van der Waals surface area contributed by atoms with Crippen molar-refractivity contribution in [2.45, 2.75) is 44.1 Å². The van der Waals surface area contributed by atoms with Crippen molar-refractivity contribution in [3.05, 3.63) is 17.4 Å². The number of aromatic nitrogens is 3. The van der Waals surface area contributed by atoms with Gasteiger partial charge in [0.1, 0.15) is 5.01 Å². The molecule has 90 valence electrons. The van der Waals surface area contributed by atoms with Crippen molar-refractivity contribution in [2.24, 2.45) is 5.73 Å². The predicted octanol–water partition coefficient (Wildman–Crippen LogP) is 2.46. The van der Waals surface area contributed by atoms with Crippen molar-refractivity contribution in [2.75, 3.05) is 0 Å². The largest absolute Gasteiger partial charge is 0.327 e. The molecule has 3 rings (SSSR count). The van der Waals surface area contributed by atoms with Crippen LogP contribution >= 0.6 is 11.3 Å². The fourth-order valence-electron chi connectivity index (χ4n) is 2.49. The first kappa shape index (κ1) is 11.0. The van der Waals surface area contributed by atoms with Gasteiger partial charge in [0.25, 0.3) is 0 Å². The van der Waals surface area contributed by atoms with Crippen molar-refractivity contribution >= 4 is 21.8 Å². The van der Waals surface area contributed by atoms with Gasteiger partial charge in [-0.25, -0.2) is 15.0 Å². The molecule has 0 bridgehead atoms. The average molecular weight is 248 g/mol. The summed E-state index contributed by atoms with van der Waals surface area (Å²) in [6.45, 7) is 0. The van der Waals surface area contributed by atoms with Gasteiger partial charge in [0.05, 0.1) is 0 Å². The van der Waals surface area contributed by atoms with E-state index in [1.165, 1.54) is 19.3 Å². The minimum absolute atomic E-state index is 0.248. The van der Waals surface area contributed by atoms with Gasteiger partial charge in [-0.3, -0.25) is 0 Å². The molecule has 1 aliphatic rings. The SMILES string of the molecule is NC1CCCCCC1c1nc2nccnc2s1. The van der Waals surface area contributed by atoms with Crippen LogP contribution in [0, 0.1) is 0 Å². The molecule has 2 heterocycles. The van der Waals surface area contributed by atoms with Crippen LogP contribution in [0.2, 0.25) is 0 Å². The third-order valence-corrected chi connectivity index (χ3v) is 4.54. The summed E-state index contributed by atoms with van der Waals surface area (Å²) in [5.41, 5.74) is 7.03. The number of nitrogens with zero attached hydrogens (tertiary/aromatic N) is 3. The van der Waals surface area contributed by atoms with E-state index in [4.69, 9.17) is 5.73 Å². The second-order valence-corrected chi connectivity index (χ2v) is 5.65. The van der Waals surface area contributed by atoms with Crippen LogP contribution in [-0.4, -0.2) is 21.0 Å². The monoisotopic (exact) mass is 248 g/mol. The third-order valence-electron chi connectivity index (χ3n) is 3.45. The fraction of sp³-hybridized carbons (Fsp3) is 0.583. The van der Waals surface area contributed by atoms with Crippen LogP contribution in [0.3, 0.4) is 0 Å². The molecule has 0 spiro atoms. The standard InChI is InChI=1S/C12H16N4S/c13-9-5-3-1-2-4-8(9)11-16-10-12(17-11)15-7-6-14-10/h6-9H,1-5,13H2. The van der Waals surface area contributed by atoms with E-state index in [2.05, 4.69) is 15.0 Å². The fourth-order valence-corrected chi connectivity index (χ4v) is 3.57. The van der Waals surface area contributed by atoms with Gasteiger partial charge in [-0.15, -0.1) is 0 Å². The molecule has 1 saturated carbocycles. The quantitative estimate of drug-likeness (QED) is 0.787. The van der Waals surface area contributed by atoms with Crippen molar-refractivity contribution in [1.82, 2.24) is 15.0 Å². The van der Waals surface area contributed by atoms with Crippen LogP contribution in [-0.2, 0) is 0 Å². The average Bonchev–Trinajstić information content (AvgIpc) is 2.65. The molecule has 2 aromatic rings. The van der Waals surface area contributed by atoms with E-state index >= 15 is 0 Å². The minimum Gasteiger partial charge on any atom is -0.327 e. The van der Waals surface area contributed by atoms with Gasteiger partial charge in [0.2, 0.25) is 0 Å². The van der Waals surface area contributed by atoms with E-state index in [1.54, 1.807) is 23.7 Å². The number of fused-ring (bicyclic) bond motifs is 1. The Labute approximate surface area is 104 Å². The van der Waals surface area contributed by atoms with Gasteiger partial charge >= 0.3 is 0 Å². The van der Waals surface area contributed by atoms with Crippen molar-refractivity contribution < 1.29 is 0 Å². The van der Waals surface area contributed by atoms with E-state index in [0.717, 1.165) is 28.3 Å². The lowest BCUT2D eigenvalue weighted by Crippen LogP contribution is -2.27. The highest BCUT2D eigenvalue weighted by atomic mass is 32.1. The summed E-state index contributed by atoms with van der Waals surface area (Å²) < 4.78 is 0. The maximum Gasteiger partial charge on any atom is 0.189 e. The highest BCUT2D eigenvalue weighted by Crippen LogP contribution is 2.34. The second-order valence-electron chi connectivity index (χ2n) is 4.65. The van der Waals surface area contributed by atoms with Crippen LogP contribution in [0.25, 0.3) is 10.5 Å². The summed E-state index contributed by atoms with van der Waals surface area (Å²) in [5, 5.41) is 1.13. The van der Waals surface area contributed by atoms with Crippen LogP contribution in [0.4, 0.5) is 0 Å². The maximum absolute atomic E-state index is 6.26. The number of nitrogens with two attached hydrogens (primary N) is 1. The zero-order chi connectivity index (χ0) is 11.7. The second kappa shape index (κ2) is 4.66. The molecule has 2 unspecified atom stereocenters. The Balaban J connectivity index is 1.95. The maximum atomic E-state index is 6.26. The highest BCUT2D eigenvalue weighted by molar-refractivity contribution is 7.18. The Hall–Kier alpha value is -1.07. The summed E-state index contributed by atoms with van der Waals surface area (Å²) in [7, 11) is 0. The van der Waals surface area contributed by atoms with E-state index < -0.39 is 0 Å². The molecule has 0 aromatic carbocycles. The summed E-state index contributed by atoms with van der Waals surface area (Å²) in [6, 6.07) is 0.248. The molecule has 2 atom stereocenters. The number of hydrogen-bond donors (Lipinski definition) is 1. The van der Waals surface area contributed by atoms with Gasteiger partial charge in [0.15, 0.2) is 10.5 Å². The lowest BCUT2D eigenvalue weighted by atomic mass is 9.96. The minimum atomic E-state index is 0.248. The Morgan fingerprint density at radius 1 is 1.12 bits per heavy atom. The van der Waals surface area contributed by atoms with E-state index in [-0.39, 0.29) is 6.04 Å². The molecule has 1 aliphatic carbocycles. The lowest BCUT2D eigenvalue weighted by molar-refractivity contribution is 0.504. The van der Waals surface area contributed by atoms with Gasteiger partial charge < -0.3 is 5.73 Å². The molecule has 1 fully saturated rings. The van der Waals surface area contributed by atoms with Crippen LogP contribution in [0.5, 0.6) is 0 Å². The molecule has 2 N–H and O–H groups in total. The molecule has 0 radical (unpaired) electrons. The molecular weight excluding hydrogens is 232 g/mol. The Morgan fingerprint density at radius 3 is 2.82 bits per heavy atom. The molecule has 0 amide bonds. The summed E-state index contributed by atoms with van der Waals surface area (Å²) >= 11 is 1.65. The van der Waals surface area contributed by atoms with Crippen molar-refractivity contribution in [1.29, 1.82) is 0 Å². The van der Waals surface area contributed by atoms with Gasteiger partial charge in [0, 0.05) is 24.4 Å². The Kier molecular flexibility index (Phi) is 3.03. The highest BCUT2D eigenvalue weighted by Gasteiger charge is 2.25. The normalized spacial score (nSPS) is 25.9. The summed E-state index contributed by atoms with van der Waals surface area (Å²) in [4.78, 5) is 14.1. The van der Waals surface area contributed by atoms with Gasteiger partial charge in [-0.05, 0) is 12.8 Å². The van der Waals surface area contributed by atoms with E-state index in [1.807, 2.05) is 0 Å². The molecule has 5 heteroatoms. The lowest BCUT2D eigenvalue weighted by Gasteiger charge is -2.18. The number of rotatable bonds is 1. The van der Waals surface area contributed by atoms with Crippen LogP contribution < -0.4 is 5.73 Å². The van der Waals surface area contributed by atoms with Crippen LogP contribution in [0.15, 0.2) is 12.4 Å². The molecule has 17 heavy (non-hydrogen) atoms. The Bertz CT molecular complexity index is 477. The molecular formula is C12H16N4S. The Morgan fingerprint density at radius 2 is 1.94 bits per heavy atom. The van der Waals surface area contributed by atoms with Gasteiger partial charge in [-0.2, -0.15) is 0 Å². The molecule has 0 saturated heterocycles. The van der Waals surface area contributed by atoms with Gasteiger partial charge in [-0.1, -0.05) is 30.6 Å². The number of thiazole rings is 1. The zero-order valence-electron chi connectivity index (χ0n) is 9.67. The molecule has 4 nitrogen and oxygen atoms in total. The van der Waals surface area contributed by atoms with E-state index in [9.17, 15) is 0 Å². The first-order valence-corrected chi connectivity index (χ1v) is 6.99. The first-order valence-electron chi connectivity index (χ1n) is 6.17. The summed E-state index contributed by atoms with van der Waals surface area (Å²) in [6.07, 6.45) is 9.48. The summed E-state index contributed by atoms with van der Waals surface area (Å²) in [5.74, 6) is 0.401. The van der Waals surface area contributed by atoms with Crippen LogP contribution in [0.1, 0.15) is 43.0 Å². The molecule has 2 aromatic heterocycles. The first-order chi connectivity index (χ1) is 8.34.